The molecule has 1 aromatic carbocycles. The van der Waals surface area contributed by atoms with E-state index in [4.69, 9.17) is 11.6 Å². The van der Waals surface area contributed by atoms with E-state index in [9.17, 15) is 14.9 Å². The van der Waals surface area contributed by atoms with Gasteiger partial charge in [-0.3, -0.25) is 14.9 Å². The maximum absolute atomic E-state index is 12.2. The second kappa shape index (κ2) is 6.11. The number of hydrogen-bond acceptors (Lipinski definition) is 4. The Kier molecular flexibility index (Phi) is 4.46. The first-order valence-corrected chi connectivity index (χ1v) is 6.72. The number of aromatic nitrogens is 1. The Balaban J connectivity index is 2.33. The van der Waals surface area contributed by atoms with E-state index in [0.717, 1.165) is 0 Å². The van der Waals surface area contributed by atoms with Crippen LogP contribution in [0.2, 0.25) is 5.15 Å². The van der Waals surface area contributed by atoms with Crippen molar-refractivity contribution in [2.75, 3.05) is 0 Å². The lowest BCUT2D eigenvalue weighted by Gasteiger charge is -2.04. The molecule has 0 N–H and O–H groups in total. The Hall–Kier alpha value is -1.79. The summed E-state index contributed by atoms with van der Waals surface area (Å²) >= 11 is 9.15. The van der Waals surface area contributed by atoms with Crippen molar-refractivity contribution in [2.24, 2.45) is 0 Å². The zero-order valence-corrected chi connectivity index (χ0v) is 12.4. The second-order valence-corrected chi connectivity index (χ2v) is 5.25. The highest BCUT2D eigenvalue weighted by Crippen LogP contribution is 2.23. The molecule has 2 rings (SSSR count). The maximum Gasteiger partial charge on any atom is 0.280 e. The number of pyridine rings is 1. The first kappa shape index (κ1) is 14.6. The van der Waals surface area contributed by atoms with Gasteiger partial charge in [-0.25, -0.2) is 4.98 Å². The third-order valence-corrected chi connectivity index (χ3v) is 3.40. The number of halogens is 2. The minimum Gasteiger partial charge on any atom is -0.294 e. The summed E-state index contributed by atoms with van der Waals surface area (Å²) in [5.41, 5.74) is 0.370. The summed E-state index contributed by atoms with van der Waals surface area (Å²) in [6, 6.07) is 7.50. The smallest absolute Gasteiger partial charge is 0.280 e. The quantitative estimate of drug-likeness (QED) is 0.361. The molecule has 1 heterocycles. The van der Waals surface area contributed by atoms with Crippen LogP contribution in [-0.2, 0) is 6.42 Å². The molecule has 0 fully saturated rings. The normalized spacial score (nSPS) is 10.3. The van der Waals surface area contributed by atoms with Gasteiger partial charge in [0.2, 0.25) is 0 Å². The Morgan fingerprint density at radius 2 is 2.10 bits per heavy atom. The third kappa shape index (κ3) is 3.20. The van der Waals surface area contributed by atoms with Crippen LogP contribution in [0.5, 0.6) is 0 Å². The van der Waals surface area contributed by atoms with E-state index < -0.39 is 4.92 Å². The lowest BCUT2D eigenvalue weighted by Crippen LogP contribution is -2.07. The lowest BCUT2D eigenvalue weighted by molar-refractivity contribution is -0.385. The van der Waals surface area contributed by atoms with E-state index in [1.54, 1.807) is 12.1 Å². The maximum atomic E-state index is 12.2. The number of carbonyl (C=O) groups is 1. The molecule has 0 spiro atoms. The molecule has 0 bridgehead atoms. The number of carbonyl (C=O) groups excluding carboxylic acids is 1. The third-order valence-electron chi connectivity index (χ3n) is 2.63. The number of nitro groups is 1. The highest BCUT2D eigenvalue weighted by Gasteiger charge is 2.20. The number of hydrogen-bond donors (Lipinski definition) is 0. The van der Waals surface area contributed by atoms with Gasteiger partial charge in [0.05, 0.1) is 10.5 Å². The monoisotopic (exact) mass is 354 g/mol. The standard InChI is InChI=1S/C13H8BrClN2O3/c14-9-5-8(13(15)16-7-9)6-12(18)10-3-1-2-4-11(10)17(19)20/h1-5,7H,6H2. The molecule has 0 aliphatic heterocycles. The first-order chi connectivity index (χ1) is 9.49. The van der Waals surface area contributed by atoms with Gasteiger partial charge in [-0.15, -0.1) is 0 Å². The van der Waals surface area contributed by atoms with Crippen molar-refractivity contribution >= 4 is 39.0 Å². The summed E-state index contributed by atoms with van der Waals surface area (Å²) in [5, 5.41) is 11.1. The molecule has 102 valence electrons. The van der Waals surface area contributed by atoms with E-state index >= 15 is 0 Å². The van der Waals surface area contributed by atoms with Gasteiger partial charge in [0, 0.05) is 23.2 Å². The van der Waals surface area contributed by atoms with Gasteiger partial charge in [-0.05, 0) is 33.6 Å². The average Bonchev–Trinajstić information content (AvgIpc) is 2.42. The topological polar surface area (TPSA) is 73.1 Å². The van der Waals surface area contributed by atoms with Crippen molar-refractivity contribution in [3.05, 3.63) is 67.4 Å². The lowest BCUT2D eigenvalue weighted by atomic mass is 10.0. The van der Waals surface area contributed by atoms with Crippen LogP contribution in [0.1, 0.15) is 15.9 Å². The van der Waals surface area contributed by atoms with Crippen LogP contribution < -0.4 is 0 Å². The number of rotatable bonds is 4. The average molecular weight is 356 g/mol. The van der Waals surface area contributed by atoms with E-state index in [1.807, 2.05) is 0 Å². The van der Waals surface area contributed by atoms with Gasteiger partial charge in [-0.1, -0.05) is 23.7 Å². The molecule has 0 amide bonds. The van der Waals surface area contributed by atoms with Gasteiger partial charge in [0.1, 0.15) is 5.15 Å². The van der Waals surface area contributed by atoms with E-state index in [0.29, 0.717) is 10.0 Å². The zero-order valence-electron chi connectivity index (χ0n) is 10.0. The first-order valence-electron chi connectivity index (χ1n) is 5.55. The Labute approximate surface area is 127 Å². The number of para-hydroxylation sites is 1. The molecule has 0 unspecified atom stereocenters. The Morgan fingerprint density at radius 3 is 2.80 bits per heavy atom. The predicted molar refractivity (Wildman–Crippen MR) is 78.1 cm³/mol. The van der Waals surface area contributed by atoms with Crippen molar-refractivity contribution in [1.82, 2.24) is 4.98 Å². The molecule has 20 heavy (non-hydrogen) atoms. The molecule has 1 aromatic heterocycles. The molecule has 0 saturated heterocycles. The number of ketones is 1. The molecule has 2 aromatic rings. The summed E-state index contributed by atoms with van der Waals surface area (Å²) in [4.78, 5) is 26.4. The van der Waals surface area contributed by atoms with E-state index in [1.165, 1.54) is 24.4 Å². The molecule has 7 heteroatoms. The van der Waals surface area contributed by atoms with Gasteiger partial charge in [0.15, 0.2) is 5.78 Å². The van der Waals surface area contributed by atoms with Gasteiger partial charge in [0.25, 0.3) is 5.69 Å². The largest absolute Gasteiger partial charge is 0.294 e. The molecule has 0 aliphatic carbocycles. The predicted octanol–water partition coefficient (Wildman–Crippen LogP) is 3.83. The molecule has 0 aliphatic rings. The summed E-state index contributed by atoms with van der Waals surface area (Å²) < 4.78 is 0.687. The molecule has 0 radical (unpaired) electrons. The highest BCUT2D eigenvalue weighted by atomic mass is 79.9. The summed E-state index contributed by atoms with van der Waals surface area (Å²) in [6.45, 7) is 0. The van der Waals surface area contributed by atoms with E-state index in [2.05, 4.69) is 20.9 Å². The van der Waals surface area contributed by atoms with Crippen LogP contribution in [0.4, 0.5) is 5.69 Å². The fourth-order valence-corrected chi connectivity index (χ4v) is 2.27. The Bertz CT molecular complexity index is 691. The second-order valence-electron chi connectivity index (χ2n) is 3.98. The number of Topliss-reactive ketones (excluding diaryl/α,β-unsaturated/α-hetero) is 1. The molecular weight excluding hydrogens is 348 g/mol. The van der Waals surface area contributed by atoms with Crippen LogP contribution >= 0.6 is 27.5 Å². The van der Waals surface area contributed by atoms with Crippen LogP contribution in [0.3, 0.4) is 0 Å². The van der Waals surface area contributed by atoms with Crippen molar-refractivity contribution in [1.29, 1.82) is 0 Å². The van der Waals surface area contributed by atoms with Crippen molar-refractivity contribution in [2.45, 2.75) is 6.42 Å². The summed E-state index contributed by atoms with van der Waals surface area (Å²) in [7, 11) is 0. The molecular formula is C13H8BrClN2O3. The number of nitrogens with zero attached hydrogens (tertiary/aromatic N) is 2. The number of benzene rings is 1. The summed E-state index contributed by atoms with van der Waals surface area (Å²) in [5.74, 6) is -0.376. The van der Waals surface area contributed by atoms with Crippen LogP contribution in [0, 0.1) is 10.1 Å². The van der Waals surface area contributed by atoms with E-state index in [-0.39, 0.29) is 28.6 Å². The number of nitro benzene ring substituents is 1. The van der Waals surface area contributed by atoms with Gasteiger partial charge >= 0.3 is 0 Å². The van der Waals surface area contributed by atoms with Crippen LogP contribution in [-0.4, -0.2) is 15.7 Å². The summed E-state index contributed by atoms with van der Waals surface area (Å²) in [6.07, 6.45) is 1.47. The molecule has 0 saturated carbocycles. The van der Waals surface area contributed by atoms with Gasteiger partial charge in [-0.2, -0.15) is 0 Å². The SMILES string of the molecule is O=C(Cc1cc(Br)cnc1Cl)c1ccccc1[N+](=O)[O-]. The van der Waals surface area contributed by atoms with Crippen molar-refractivity contribution in [3.8, 4) is 0 Å². The zero-order chi connectivity index (χ0) is 14.7. The highest BCUT2D eigenvalue weighted by molar-refractivity contribution is 9.10. The molecule has 0 atom stereocenters. The van der Waals surface area contributed by atoms with Gasteiger partial charge < -0.3 is 0 Å². The van der Waals surface area contributed by atoms with Crippen LogP contribution in [0.15, 0.2) is 41.0 Å². The fraction of sp³-hybridized carbons (Fsp3) is 0.0769. The molecule has 5 nitrogen and oxygen atoms in total. The van der Waals surface area contributed by atoms with Crippen LogP contribution in [0.25, 0.3) is 0 Å². The Morgan fingerprint density at radius 1 is 1.40 bits per heavy atom. The minimum absolute atomic E-state index is 0.0455. The van der Waals surface area contributed by atoms with Crippen molar-refractivity contribution < 1.29 is 9.72 Å². The fourth-order valence-electron chi connectivity index (χ4n) is 1.73. The van der Waals surface area contributed by atoms with Crippen molar-refractivity contribution in [3.63, 3.8) is 0 Å². The minimum atomic E-state index is -0.575.